The SMILES string of the molecule is CCOc1nc(NN)nc(NCCc2ccc(Cl)s2)n1. The topological polar surface area (TPSA) is 98.0 Å². The van der Waals surface area contributed by atoms with Crippen LogP contribution < -0.4 is 21.3 Å². The van der Waals surface area contributed by atoms with Crippen molar-refractivity contribution < 1.29 is 4.74 Å². The van der Waals surface area contributed by atoms with Gasteiger partial charge in [0, 0.05) is 11.4 Å². The van der Waals surface area contributed by atoms with Gasteiger partial charge in [-0.25, -0.2) is 5.84 Å². The highest BCUT2D eigenvalue weighted by molar-refractivity contribution is 7.16. The number of aromatic nitrogens is 3. The first kappa shape index (κ1) is 14.8. The van der Waals surface area contributed by atoms with Crippen LogP contribution in [0.1, 0.15) is 11.8 Å². The van der Waals surface area contributed by atoms with Gasteiger partial charge in [0.1, 0.15) is 0 Å². The Hall–Kier alpha value is -1.64. The first-order valence-electron chi connectivity index (χ1n) is 6.05. The second kappa shape index (κ2) is 7.22. The molecule has 0 amide bonds. The van der Waals surface area contributed by atoms with Crippen LogP contribution in [-0.2, 0) is 6.42 Å². The first-order valence-corrected chi connectivity index (χ1v) is 7.24. The molecule has 20 heavy (non-hydrogen) atoms. The Kier molecular flexibility index (Phi) is 5.33. The van der Waals surface area contributed by atoms with Gasteiger partial charge in [-0.2, -0.15) is 15.0 Å². The van der Waals surface area contributed by atoms with Crippen LogP contribution in [0.3, 0.4) is 0 Å². The number of nitrogens with one attached hydrogen (secondary N) is 2. The molecule has 0 spiro atoms. The summed E-state index contributed by atoms with van der Waals surface area (Å²) in [5, 5.41) is 3.10. The molecule has 0 aromatic carbocycles. The van der Waals surface area contributed by atoms with Crippen molar-refractivity contribution in [1.29, 1.82) is 0 Å². The highest BCUT2D eigenvalue weighted by atomic mass is 35.5. The number of hydrogen-bond donors (Lipinski definition) is 3. The standard InChI is InChI=1S/C11H15ClN6OS/c1-2-19-11-16-9(15-10(17-11)18-13)14-6-5-7-3-4-8(12)20-7/h3-4H,2,5-6,13H2,1H3,(H2,14,15,16,17,18). The van der Waals surface area contributed by atoms with Crippen LogP contribution in [0.25, 0.3) is 0 Å². The van der Waals surface area contributed by atoms with Crippen LogP contribution in [0.5, 0.6) is 6.01 Å². The quantitative estimate of drug-likeness (QED) is 0.530. The number of rotatable bonds is 7. The highest BCUT2D eigenvalue weighted by Gasteiger charge is 2.06. The van der Waals surface area contributed by atoms with E-state index in [9.17, 15) is 0 Å². The van der Waals surface area contributed by atoms with E-state index in [1.165, 1.54) is 4.88 Å². The van der Waals surface area contributed by atoms with Gasteiger partial charge in [-0.1, -0.05) is 11.6 Å². The van der Waals surface area contributed by atoms with Crippen molar-refractivity contribution in [3.63, 3.8) is 0 Å². The van der Waals surface area contributed by atoms with E-state index in [1.54, 1.807) is 11.3 Å². The van der Waals surface area contributed by atoms with Crippen LogP contribution in [0.4, 0.5) is 11.9 Å². The van der Waals surface area contributed by atoms with Crippen LogP contribution in [-0.4, -0.2) is 28.1 Å². The van der Waals surface area contributed by atoms with Crippen molar-refractivity contribution in [2.24, 2.45) is 5.84 Å². The van der Waals surface area contributed by atoms with Crippen LogP contribution in [0.2, 0.25) is 4.34 Å². The van der Waals surface area contributed by atoms with Crippen molar-refractivity contribution in [3.05, 3.63) is 21.3 Å². The zero-order valence-corrected chi connectivity index (χ0v) is 12.5. The molecule has 0 aliphatic carbocycles. The molecule has 0 saturated heterocycles. The Morgan fingerprint density at radius 2 is 2.10 bits per heavy atom. The number of nitrogen functional groups attached to an aromatic ring is 1. The monoisotopic (exact) mass is 314 g/mol. The molecule has 0 radical (unpaired) electrons. The number of ether oxygens (including phenoxy) is 1. The molecule has 108 valence electrons. The van der Waals surface area contributed by atoms with Crippen molar-refractivity contribution in [1.82, 2.24) is 15.0 Å². The lowest BCUT2D eigenvalue weighted by Gasteiger charge is -2.08. The van der Waals surface area contributed by atoms with Crippen molar-refractivity contribution in [3.8, 4) is 6.01 Å². The first-order chi connectivity index (χ1) is 9.71. The van der Waals surface area contributed by atoms with Gasteiger partial charge in [-0.05, 0) is 25.5 Å². The fourth-order valence-electron chi connectivity index (χ4n) is 1.48. The number of hydrogen-bond acceptors (Lipinski definition) is 8. The number of halogens is 1. The molecule has 2 aromatic heterocycles. The summed E-state index contributed by atoms with van der Waals surface area (Å²) in [7, 11) is 0. The smallest absolute Gasteiger partial charge is 0.323 e. The third-order valence-corrected chi connectivity index (χ3v) is 3.59. The lowest BCUT2D eigenvalue weighted by atomic mass is 10.3. The molecule has 4 N–H and O–H groups in total. The third-order valence-electron chi connectivity index (χ3n) is 2.30. The fourth-order valence-corrected chi connectivity index (χ4v) is 2.56. The fraction of sp³-hybridized carbons (Fsp3) is 0.364. The molecule has 9 heteroatoms. The zero-order valence-electron chi connectivity index (χ0n) is 10.9. The zero-order chi connectivity index (χ0) is 14.4. The summed E-state index contributed by atoms with van der Waals surface area (Å²) < 4.78 is 6.03. The summed E-state index contributed by atoms with van der Waals surface area (Å²) in [6, 6.07) is 4.12. The number of nitrogens with zero attached hydrogens (tertiary/aromatic N) is 3. The minimum absolute atomic E-state index is 0.233. The Labute approximate surface area is 125 Å². The second-order valence-corrected chi connectivity index (χ2v) is 5.52. The summed E-state index contributed by atoms with van der Waals surface area (Å²) in [4.78, 5) is 13.4. The molecule has 2 rings (SSSR count). The summed E-state index contributed by atoms with van der Waals surface area (Å²) in [6.07, 6.45) is 0.832. The molecule has 2 heterocycles. The molecule has 0 saturated carbocycles. The van der Waals surface area contributed by atoms with Gasteiger partial charge in [0.15, 0.2) is 0 Å². The van der Waals surface area contributed by atoms with E-state index in [-0.39, 0.29) is 12.0 Å². The Morgan fingerprint density at radius 1 is 1.30 bits per heavy atom. The average molecular weight is 315 g/mol. The summed E-state index contributed by atoms with van der Waals surface area (Å²) in [5.41, 5.74) is 2.38. The summed E-state index contributed by atoms with van der Waals surface area (Å²) >= 11 is 7.43. The molecular formula is C11H15ClN6OS. The van der Waals surface area contributed by atoms with Gasteiger partial charge in [0.25, 0.3) is 0 Å². The summed E-state index contributed by atoms with van der Waals surface area (Å²) in [6.45, 7) is 3.00. The minimum Gasteiger partial charge on any atom is -0.464 e. The molecular weight excluding hydrogens is 300 g/mol. The lowest BCUT2D eigenvalue weighted by molar-refractivity contribution is 0.312. The van der Waals surface area contributed by atoms with E-state index in [0.29, 0.717) is 19.1 Å². The predicted octanol–water partition coefficient (Wildman–Crippen LogP) is 1.93. The second-order valence-electron chi connectivity index (χ2n) is 3.73. The van der Waals surface area contributed by atoms with Gasteiger partial charge in [0.2, 0.25) is 11.9 Å². The van der Waals surface area contributed by atoms with E-state index in [4.69, 9.17) is 22.2 Å². The summed E-state index contributed by atoms with van der Waals surface area (Å²) in [5.74, 6) is 5.98. The Morgan fingerprint density at radius 3 is 2.75 bits per heavy atom. The number of thiophene rings is 1. The van der Waals surface area contributed by atoms with Gasteiger partial charge >= 0.3 is 6.01 Å². The Bertz CT molecular complexity index is 564. The largest absolute Gasteiger partial charge is 0.464 e. The molecule has 2 aromatic rings. The van der Waals surface area contributed by atoms with Gasteiger partial charge in [0.05, 0.1) is 10.9 Å². The van der Waals surface area contributed by atoms with E-state index in [1.807, 2.05) is 19.1 Å². The number of hydrazine groups is 1. The predicted molar refractivity (Wildman–Crippen MR) is 80.3 cm³/mol. The Balaban J connectivity index is 1.95. The van der Waals surface area contributed by atoms with Crippen LogP contribution in [0.15, 0.2) is 12.1 Å². The van der Waals surface area contributed by atoms with Gasteiger partial charge in [-0.3, -0.25) is 5.43 Å². The van der Waals surface area contributed by atoms with E-state index in [2.05, 4.69) is 25.7 Å². The maximum atomic E-state index is 5.88. The van der Waals surface area contributed by atoms with E-state index >= 15 is 0 Å². The normalized spacial score (nSPS) is 10.3. The van der Waals surface area contributed by atoms with Crippen molar-refractivity contribution in [2.75, 3.05) is 23.9 Å². The maximum Gasteiger partial charge on any atom is 0.323 e. The molecule has 0 aliphatic heterocycles. The molecule has 0 bridgehead atoms. The maximum absolute atomic E-state index is 5.88. The average Bonchev–Trinajstić information content (AvgIpc) is 2.84. The van der Waals surface area contributed by atoms with Crippen LogP contribution >= 0.6 is 22.9 Å². The highest BCUT2D eigenvalue weighted by Crippen LogP contribution is 2.21. The van der Waals surface area contributed by atoms with E-state index in [0.717, 1.165) is 10.8 Å². The van der Waals surface area contributed by atoms with Crippen molar-refractivity contribution >= 4 is 34.8 Å². The number of nitrogens with two attached hydrogens (primary N) is 1. The molecule has 0 fully saturated rings. The van der Waals surface area contributed by atoms with Gasteiger partial charge in [-0.15, -0.1) is 11.3 Å². The molecule has 7 nitrogen and oxygen atoms in total. The van der Waals surface area contributed by atoms with Crippen LogP contribution in [0, 0.1) is 0 Å². The lowest BCUT2D eigenvalue weighted by Crippen LogP contribution is -2.15. The molecule has 0 atom stereocenters. The minimum atomic E-state index is 0.233. The third kappa shape index (κ3) is 4.19. The van der Waals surface area contributed by atoms with Crippen molar-refractivity contribution in [2.45, 2.75) is 13.3 Å². The molecule has 0 aliphatic rings. The number of anilines is 2. The van der Waals surface area contributed by atoms with Gasteiger partial charge < -0.3 is 10.1 Å². The molecule has 0 unspecified atom stereocenters. The van der Waals surface area contributed by atoms with E-state index < -0.39 is 0 Å².